The molecule has 5 aromatic rings. The molecule has 0 radical (unpaired) electrons. The van der Waals surface area contributed by atoms with E-state index >= 15 is 0 Å². The van der Waals surface area contributed by atoms with Gasteiger partial charge in [0.2, 0.25) is 0 Å². The zero-order valence-corrected chi connectivity index (χ0v) is 18.6. The summed E-state index contributed by atoms with van der Waals surface area (Å²) in [6.07, 6.45) is 4.32. The molecule has 5 rings (SSSR count). The fraction of sp³-hybridized carbons (Fsp3) is 0.0800. The molecule has 5 nitrogen and oxygen atoms in total. The number of rotatable bonds is 6. The summed E-state index contributed by atoms with van der Waals surface area (Å²) in [6.45, 7) is 0.677. The first kappa shape index (κ1) is 20.5. The quantitative estimate of drug-likeness (QED) is 0.318. The van der Waals surface area contributed by atoms with Crippen molar-refractivity contribution in [2.45, 2.75) is 6.42 Å². The molecular weight excluding hydrogens is 441 g/mol. The predicted octanol–water partition coefficient (Wildman–Crippen LogP) is 6.42. The average Bonchev–Trinajstić information content (AvgIpc) is 3.26. The van der Waals surface area contributed by atoms with Crippen molar-refractivity contribution in [3.63, 3.8) is 0 Å². The second-order valence-corrected chi connectivity index (χ2v) is 8.19. The van der Waals surface area contributed by atoms with E-state index in [-0.39, 0.29) is 0 Å². The molecule has 0 saturated heterocycles. The summed E-state index contributed by atoms with van der Waals surface area (Å²) < 4.78 is 1.84. The van der Waals surface area contributed by atoms with Gasteiger partial charge in [0.25, 0.3) is 0 Å². The Morgan fingerprint density at radius 3 is 2.41 bits per heavy atom. The van der Waals surface area contributed by atoms with Crippen LogP contribution < -0.4 is 5.32 Å². The van der Waals surface area contributed by atoms with Gasteiger partial charge in [-0.25, -0.2) is 4.98 Å². The van der Waals surface area contributed by atoms with Crippen LogP contribution in [0.1, 0.15) is 5.56 Å². The number of nitrogens with one attached hydrogen (secondary N) is 1. The predicted molar refractivity (Wildman–Crippen MR) is 130 cm³/mol. The molecule has 3 heterocycles. The first-order valence-electron chi connectivity index (χ1n) is 10.2. The normalized spacial score (nSPS) is 11.1. The molecule has 3 aromatic heterocycles. The van der Waals surface area contributed by atoms with Crippen molar-refractivity contribution in [1.29, 1.82) is 0 Å². The Labute approximate surface area is 195 Å². The van der Waals surface area contributed by atoms with Crippen LogP contribution in [-0.2, 0) is 6.42 Å². The summed E-state index contributed by atoms with van der Waals surface area (Å²) in [5.41, 5.74) is 4.88. The summed E-state index contributed by atoms with van der Waals surface area (Å²) in [7, 11) is 0. The standard InChI is InChI=1S/C25H19Cl2N5/c26-21-7-6-18(22(27)16-21)10-13-29-23-14-20(17-8-11-28-12-9-17)15-24-30-25(31-32(23)24)19-4-2-1-3-5-19/h1-9,11-12,14-16,29H,10,13H2. The van der Waals surface area contributed by atoms with E-state index in [0.717, 1.165) is 40.1 Å². The molecule has 0 unspecified atom stereocenters. The average molecular weight is 460 g/mol. The third-order valence-electron chi connectivity index (χ3n) is 5.20. The molecule has 0 aliphatic heterocycles. The van der Waals surface area contributed by atoms with Crippen LogP contribution in [0, 0.1) is 0 Å². The first-order chi connectivity index (χ1) is 15.7. The molecule has 0 amide bonds. The Hall–Kier alpha value is -3.41. The van der Waals surface area contributed by atoms with Crippen LogP contribution in [0.25, 0.3) is 28.2 Å². The lowest BCUT2D eigenvalue weighted by Gasteiger charge is -2.11. The number of benzene rings is 2. The van der Waals surface area contributed by atoms with Crippen molar-refractivity contribution < 1.29 is 0 Å². The maximum absolute atomic E-state index is 6.34. The van der Waals surface area contributed by atoms with Gasteiger partial charge in [-0.05, 0) is 59.5 Å². The molecule has 7 heteroatoms. The Balaban J connectivity index is 1.50. The third kappa shape index (κ3) is 4.31. The van der Waals surface area contributed by atoms with Gasteiger partial charge in [0, 0.05) is 34.5 Å². The second-order valence-electron chi connectivity index (χ2n) is 7.35. The number of halogens is 2. The summed E-state index contributed by atoms with van der Waals surface area (Å²) in [6, 6.07) is 23.6. The van der Waals surface area contributed by atoms with Gasteiger partial charge in [-0.1, -0.05) is 59.6 Å². The fourth-order valence-electron chi connectivity index (χ4n) is 3.58. The van der Waals surface area contributed by atoms with E-state index in [4.69, 9.17) is 33.3 Å². The molecule has 0 spiro atoms. The number of nitrogens with zero attached hydrogens (tertiary/aromatic N) is 4. The van der Waals surface area contributed by atoms with E-state index in [1.807, 2.05) is 65.2 Å². The van der Waals surface area contributed by atoms with Gasteiger partial charge in [0.05, 0.1) is 0 Å². The lowest BCUT2D eigenvalue weighted by Crippen LogP contribution is -2.09. The molecule has 1 N–H and O–H groups in total. The van der Waals surface area contributed by atoms with Crippen molar-refractivity contribution in [2.75, 3.05) is 11.9 Å². The summed E-state index contributed by atoms with van der Waals surface area (Å²) >= 11 is 12.4. The molecule has 2 aromatic carbocycles. The van der Waals surface area contributed by atoms with Crippen LogP contribution in [-0.4, -0.2) is 26.1 Å². The van der Waals surface area contributed by atoms with E-state index < -0.39 is 0 Å². The van der Waals surface area contributed by atoms with E-state index in [0.29, 0.717) is 22.4 Å². The van der Waals surface area contributed by atoms with E-state index in [2.05, 4.69) is 16.4 Å². The maximum Gasteiger partial charge on any atom is 0.182 e. The minimum atomic E-state index is 0.634. The van der Waals surface area contributed by atoms with Gasteiger partial charge in [0.1, 0.15) is 5.82 Å². The Morgan fingerprint density at radius 1 is 0.812 bits per heavy atom. The molecule has 0 bridgehead atoms. The Bertz CT molecular complexity index is 1370. The minimum absolute atomic E-state index is 0.634. The van der Waals surface area contributed by atoms with Crippen LogP contribution >= 0.6 is 23.2 Å². The SMILES string of the molecule is Clc1ccc(CCNc2cc(-c3ccncc3)cc3nc(-c4ccccc4)nn23)c(Cl)c1. The molecule has 0 saturated carbocycles. The van der Waals surface area contributed by atoms with Crippen molar-refractivity contribution in [3.8, 4) is 22.5 Å². The molecule has 32 heavy (non-hydrogen) atoms. The van der Waals surface area contributed by atoms with Crippen LogP contribution in [0.3, 0.4) is 0 Å². The number of hydrogen-bond acceptors (Lipinski definition) is 4. The smallest absolute Gasteiger partial charge is 0.182 e. The van der Waals surface area contributed by atoms with Crippen molar-refractivity contribution in [1.82, 2.24) is 19.6 Å². The van der Waals surface area contributed by atoms with Gasteiger partial charge in [0.15, 0.2) is 11.5 Å². The lowest BCUT2D eigenvalue weighted by molar-refractivity contribution is 0.931. The number of anilines is 1. The minimum Gasteiger partial charge on any atom is -0.370 e. The molecule has 0 atom stereocenters. The number of pyridine rings is 2. The van der Waals surface area contributed by atoms with Crippen LogP contribution in [0.15, 0.2) is 85.2 Å². The van der Waals surface area contributed by atoms with Gasteiger partial charge in [-0.2, -0.15) is 4.52 Å². The topological polar surface area (TPSA) is 55.1 Å². The molecule has 0 fully saturated rings. The zero-order valence-electron chi connectivity index (χ0n) is 17.0. The number of fused-ring (bicyclic) bond motifs is 1. The Kier molecular flexibility index (Phi) is 5.75. The Morgan fingerprint density at radius 2 is 1.62 bits per heavy atom. The largest absolute Gasteiger partial charge is 0.370 e. The highest BCUT2D eigenvalue weighted by atomic mass is 35.5. The molecular formula is C25H19Cl2N5. The highest BCUT2D eigenvalue weighted by Gasteiger charge is 2.12. The number of hydrogen-bond donors (Lipinski definition) is 1. The molecule has 0 aliphatic carbocycles. The summed E-state index contributed by atoms with van der Waals surface area (Å²) in [5.74, 6) is 1.54. The van der Waals surface area contributed by atoms with E-state index in [1.54, 1.807) is 18.5 Å². The lowest BCUT2D eigenvalue weighted by atomic mass is 10.1. The second kappa shape index (κ2) is 8.99. The van der Waals surface area contributed by atoms with Gasteiger partial charge in [-0.3, -0.25) is 4.98 Å². The van der Waals surface area contributed by atoms with Crippen LogP contribution in [0.5, 0.6) is 0 Å². The van der Waals surface area contributed by atoms with E-state index in [1.165, 1.54) is 0 Å². The first-order valence-corrected chi connectivity index (χ1v) is 11.0. The molecule has 0 aliphatic rings. The van der Waals surface area contributed by atoms with Gasteiger partial charge >= 0.3 is 0 Å². The zero-order chi connectivity index (χ0) is 21.9. The highest BCUT2D eigenvalue weighted by molar-refractivity contribution is 6.35. The highest BCUT2D eigenvalue weighted by Crippen LogP contribution is 2.27. The van der Waals surface area contributed by atoms with Gasteiger partial charge in [-0.15, -0.1) is 5.10 Å². The monoisotopic (exact) mass is 459 g/mol. The van der Waals surface area contributed by atoms with Crippen molar-refractivity contribution >= 4 is 34.7 Å². The fourth-order valence-corrected chi connectivity index (χ4v) is 4.08. The van der Waals surface area contributed by atoms with Gasteiger partial charge < -0.3 is 5.32 Å². The van der Waals surface area contributed by atoms with E-state index in [9.17, 15) is 0 Å². The van der Waals surface area contributed by atoms with Crippen molar-refractivity contribution in [3.05, 3.63) is 101 Å². The summed E-state index contributed by atoms with van der Waals surface area (Å²) in [5, 5.41) is 9.57. The van der Waals surface area contributed by atoms with Crippen LogP contribution in [0.4, 0.5) is 5.82 Å². The van der Waals surface area contributed by atoms with Crippen molar-refractivity contribution in [2.24, 2.45) is 0 Å². The summed E-state index contributed by atoms with van der Waals surface area (Å²) in [4.78, 5) is 8.91. The number of aromatic nitrogens is 4. The van der Waals surface area contributed by atoms with Crippen LogP contribution in [0.2, 0.25) is 10.0 Å². The molecule has 158 valence electrons. The maximum atomic E-state index is 6.34. The third-order valence-corrected chi connectivity index (χ3v) is 5.79.